The minimum atomic E-state index is -0.456. The van der Waals surface area contributed by atoms with Crippen molar-refractivity contribution in [2.45, 2.75) is 43.7 Å². The molecule has 7 heteroatoms. The maximum Gasteiger partial charge on any atom is 0.255 e. The Hall–Kier alpha value is -2.12. The van der Waals surface area contributed by atoms with Crippen LogP contribution < -0.4 is 10.6 Å². The van der Waals surface area contributed by atoms with Gasteiger partial charge in [-0.05, 0) is 70.0 Å². The maximum absolute atomic E-state index is 12.9. The van der Waals surface area contributed by atoms with Crippen LogP contribution in [0.1, 0.15) is 42.5 Å². The Morgan fingerprint density at radius 3 is 2.75 bits per heavy atom. The van der Waals surface area contributed by atoms with Gasteiger partial charge in [0.25, 0.3) is 5.91 Å². The second kappa shape index (κ2) is 6.46. The molecule has 1 unspecified atom stereocenters. The molecule has 2 aromatic rings. The van der Waals surface area contributed by atoms with Crippen molar-refractivity contribution in [2.24, 2.45) is 17.8 Å². The number of nitrogens with one attached hydrogen (secondary N) is 3. The van der Waals surface area contributed by atoms with E-state index in [0.717, 1.165) is 36.0 Å². The Labute approximate surface area is 164 Å². The highest BCUT2D eigenvalue weighted by Crippen LogP contribution is 2.56. The van der Waals surface area contributed by atoms with E-state index in [0.29, 0.717) is 36.0 Å². The first-order valence-electron chi connectivity index (χ1n) is 10.3. The molecule has 0 aromatic carbocycles. The van der Waals surface area contributed by atoms with E-state index in [9.17, 15) is 9.90 Å². The average Bonchev–Trinajstić information content (AvgIpc) is 3.10. The number of anilines is 1. The second-order valence-electron chi connectivity index (χ2n) is 9.39. The van der Waals surface area contributed by atoms with Crippen molar-refractivity contribution in [2.75, 3.05) is 26.1 Å². The van der Waals surface area contributed by atoms with Crippen molar-refractivity contribution in [1.82, 2.24) is 20.2 Å². The fraction of sp³-hybridized carbons (Fsp3) is 0.619. The van der Waals surface area contributed by atoms with Crippen LogP contribution in [-0.4, -0.2) is 58.3 Å². The zero-order valence-electron chi connectivity index (χ0n) is 16.5. The third kappa shape index (κ3) is 2.97. The molecule has 4 bridgehead atoms. The first-order chi connectivity index (χ1) is 13.4. The quantitative estimate of drug-likeness (QED) is 0.594. The van der Waals surface area contributed by atoms with Gasteiger partial charge in [0.2, 0.25) is 0 Å². The van der Waals surface area contributed by atoms with Crippen molar-refractivity contribution in [1.29, 1.82) is 0 Å². The minimum Gasteiger partial charge on any atom is -0.390 e. The summed E-state index contributed by atoms with van der Waals surface area (Å²) in [6.45, 7) is 0.479. The number of pyridine rings is 1. The molecular weight excluding hydrogens is 354 g/mol. The predicted octanol–water partition coefficient (Wildman–Crippen LogP) is 2.16. The van der Waals surface area contributed by atoms with E-state index in [2.05, 4.69) is 20.6 Å². The summed E-state index contributed by atoms with van der Waals surface area (Å²) in [6, 6.07) is 2.29. The Kier molecular flexibility index (Phi) is 4.14. The molecule has 0 spiro atoms. The van der Waals surface area contributed by atoms with E-state index in [1.165, 1.54) is 12.8 Å². The number of carbonyl (C=O) groups is 1. The van der Waals surface area contributed by atoms with Crippen LogP contribution in [0, 0.1) is 17.8 Å². The number of nitrogens with zero attached hydrogens (tertiary/aromatic N) is 2. The number of aliphatic hydroxyl groups is 1. The summed E-state index contributed by atoms with van der Waals surface area (Å²) in [5.41, 5.74) is 1.78. The van der Waals surface area contributed by atoms with Crippen LogP contribution >= 0.6 is 0 Å². The summed E-state index contributed by atoms with van der Waals surface area (Å²) in [7, 11) is 3.85. The standard InChI is InChI=1S/C21H29N5O2/c1-26(2)11-24-20(27)16-10-23-19-15(3-4-22-19)18(16)25-17-13-5-12-6-14(17)9-21(28,7-12)8-13/h3-4,10,12-14,17,28H,5-9,11H2,1-2H3,(H,24,27)(H2,22,23,25)/t12?,13-,14+,17-,21-. The lowest BCUT2D eigenvalue weighted by atomic mass is 9.52. The lowest BCUT2D eigenvalue weighted by molar-refractivity contribution is -0.129. The molecule has 2 aromatic heterocycles. The lowest BCUT2D eigenvalue weighted by Gasteiger charge is -2.58. The van der Waals surface area contributed by atoms with E-state index < -0.39 is 5.60 Å². The third-order valence-corrected chi connectivity index (χ3v) is 6.94. The van der Waals surface area contributed by atoms with Crippen LogP contribution in [0.15, 0.2) is 18.5 Å². The van der Waals surface area contributed by atoms with Gasteiger partial charge in [-0.1, -0.05) is 0 Å². The zero-order valence-corrected chi connectivity index (χ0v) is 16.5. The van der Waals surface area contributed by atoms with E-state index in [1.807, 2.05) is 31.3 Å². The molecule has 4 saturated carbocycles. The van der Waals surface area contributed by atoms with Gasteiger partial charge < -0.3 is 20.7 Å². The van der Waals surface area contributed by atoms with Crippen LogP contribution in [-0.2, 0) is 0 Å². The van der Waals surface area contributed by atoms with Gasteiger partial charge in [-0.2, -0.15) is 0 Å². The fourth-order valence-corrected chi connectivity index (χ4v) is 6.04. The van der Waals surface area contributed by atoms with Gasteiger partial charge in [0.1, 0.15) is 5.65 Å². The molecule has 150 valence electrons. The van der Waals surface area contributed by atoms with Crippen LogP contribution in [0.5, 0.6) is 0 Å². The number of carbonyl (C=O) groups excluding carboxylic acids is 1. The van der Waals surface area contributed by atoms with Gasteiger partial charge in [-0.25, -0.2) is 4.98 Å². The number of hydrogen-bond acceptors (Lipinski definition) is 5. The summed E-state index contributed by atoms with van der Waals surface area (Å²) in [4.78, 5) is 22.4. The Morgan fingerprint density at radius 1 is 1.32 bits per heavy atom. The normalized spacial score (nSPS) is 33.6. The van der Waals surface area contributed by atoms with Crippen LogP contribution in [0.4, 0.5) is 5.69 Å². The Bertz CT molecular complexity index is 891. The fourth-order valence-electron chi connectivity index (χ4n) is 6.04. The molecule has 4 N–H and O–H groups in total. The molecule has 7 nitrogen and oxygen atoms in total. The molecule has 4 aliphatic carbocycles. The summed E-state index contributed by atoms with van der Waals surface area (Å²) in [6.07, 6.45) is 8.62. The number of aromatic nitrogens is 2. The first kappa shape index (κ1) is 17.9. The van der Waals surface area contributed by atoms with Crippen LogP contribution in [0.25, 0.3) is 11.0 Å². The van der Waals surface area contributed by atoms with E-state index in [4.69, 9.17) is 0 Å². The second-order valence-corrected chi connectivity index (χ2v) is 9.39. The summed E-state index contributed by atoms with van der Waals surface area (Å²) >= 11 is 0. The van der Waals surface area contributed by atoms with Crippen molar-refractivity contribution < 1.29 is 9.90 Å². The SMILES string of the molecule is CN(C)CNC(=O)c1cnc2[nH]ccc2c1N[C@@H]1[C@@H]2CC3C[C@H]1C[C@@](O)(C3)C2. The van der Waals surface area contributed by atoms with Gasteiger partial charge in [0, 0.05) is 23.8 Å². The predicted molar refractivity (Wildman–Crippen MR) is 108 cm³/mol. The molecule has 4 fully saturated rings. The highest BCUT2D eigenvalue weighted by Gasteiger charge is 2.54. The Morgan fingerprint density at radius 2 is 2.07 bits per heavy atom. The van der Waals surface area contributed by atoms with Crippen molar-refractivity contribution in [3.05, 3.63) is 24.0 Å². The molecule has 6 rings (SSSR count). The monoisotopic (exact) mass is 383 g/mol. The number of hydrogen-bond donors (Lipinski definition) is 4. The topological polar surface area (TPSA) is 93.3 Å². The van der Waals surface area contributed by atoms with E-state index in [-0.39, 0.29) is 5.91 Å². The third-order valence-electron chi connectivity index (χ3n) is 6.94. The van der Waals surface area contributed by atoms with Gasteiger partial charge >= 0.3 is 0 Å². The molecule has 5 atom stereocenters. The highest BCUT2D eigenvalue weighted by atomic mass is 16.3. The minimum absolute atomic E-state index is 0.116. The first-order valence-corrected chi connectivity index (χ1v) is 10.3. The summed E-state index contributed by atoms with van der Waals surface area (Å²) in [5.74, 6) is 1.48. The number of amides is 1. The summed E-state index contributed by atoms with van der Waals surface area (Å²) < 4.78 is 0. The van der Waals surface area contributed by atoms with Gasteiger partial charge in [0.15, 0.2) is 0 Å². The van der Waals surface area contributed by atoms with E-state index in [1.54, 1.807) is 6.20 Å². The Balaban J connectivity index is 1.47. The van der Waals surface area contributed by atoms with Crippen molar-refractivity contribution >= 4 is 22.6 Å². The molecule has 0 saturated heterocycles. The van der Waals surface area contributed by atoms with E-state index >= 15 is 0 Å². The molecule has 2 heterocycles. The van der Waals surface area contributed by atoms with Gasteiger partial charge in [-0.3, -0.25) is 9.69 Å². The van der Waals surface area contributed by atoms with Gasteiger partial charge in [-0.15, -0.1) is 0 Å². The van der Waals surface area contributed by atoms with Crippen LogP contribution in [0.3, 0.4) is 0 Å². The zero-order chi connectivity index (χ0) is 19.5. The number of H-pyrrole nitrogens is 1. The summed E-state index contributed by atoms with van der Waals surface area (Å²) in [5, 5.41) is 18.5. The van der Waals surface area contributed by atoms with Crippen molar-refractivity contribution in [3.8, 4) is 0 Å². The van der Waals surface area contributed by atoms with Crippen molar-refractivity contribution in [3.63, 3.8) is 0 Å². The number of aromatic amines is 1. The number of rotatable bonds is 5. The average molecular weight is 383 g/mol. The highest BCUT2D eigenvalue weighted by molar-refractivity contribution is 6.06. The largest absolute Gasteiger partial charge is 0.390 e. The van der Waals surface area contributed by atoms with Crippen LogP contribution in [0.2, 0.25) is 0 Å². The molecule has 4 aliphatic rings. The molecule has 28 heavy (non-hydrogen) atoms. The molecule has 0 radical (unpaired) electrons. The number of fused-ring (bicyclic) bond motifs is 1. The molecule has 0 aliphatic heterocycles. The maximum atomic E-state index is 12.9. The molecule has 1 amide bonds. The van der Waals surface area contributed by atoms with Gasteiger partial charge in [0.05, 0.1) is 23.5 Å². The smallest absolute Gasteiger partial charge is 0.255 e. The molecular formula is C21H29N5O2. The lowest BCUT2D eigenvalue weighted by Crippen LogP contribution is -2.59.